The van der Waals surface area contributed by atoms with Gasteiger partial charge in [-0.2, -0.15) is 0 Å². The Morgan fingerprint density at radius 1 is 0.917 bits per heavy atom. The van der Waals surface area contributed by atoms with Crippen LogP contribution in [0.3, 0.4) is 0 Å². The molecule has 3 rings (SSSR count). The first-order valence-corrected chi connectivity index (χ1v) is 7.97. The number of fused-ring (bicyclic) bond motifs is 4. The van der Waals surface area contributed by atoms with Crippen LogP contribution in [0.25, 0.3) is 0 Å². The SMILES string of the molecule is C=C/C=C\C1=C(C)OC(=O)C2C1C1C(=O)OC(C=C)=C(/C=C\C)C21. The number of cyclic esters (lactones) is 2. The molecule has 0 N–H and O–H groups in total. The van der Waals surface area contributed by atoms with Crippen LogP contribution >= 0.6 is 0 Å². The predicted octanol–water partition coefficient (Wildman–Crippen LogP) is 3.61. The Morgan fingerprint density at radius 2 is 1.54 bits per heavy atom. The molecule has 124 valence electrons. The minimum atomic E-state index is -0.378. The fourth-order valence-corrected chi connectivity index (χ4v) is 3.95. The van der Waals surface area contributed by atoms with E-state index >= 15 is 0 Å². The number of ether oxygens (including phenoxy) is 2. The molecule has 4 nitrogen and oxygen atoms in total. The van der Waals surface area contributed by atoms with Crippen LogP contribution in [0.2, 0.25) is 0 Å². The molecule has 2 heterocycles. The summed E-state index contributed by atoms with van der Waals surface area (Å²) in [6.45, 7) is 11.0. The summed E-state index contributed by atoms with van der Waals surface area (Å²) in [4.78, 5) is 25.0. The highest BCUT2D eigenvalue weighted by Gasteiger charge is 2.64. The van der Waals surface area contributed by atoms with Gasteiger partial charge in [0.05, 0.1) is 11.8 Å². The Kier molecular flexibility index (Phi) is 4.14. The average Bonchev–Trinajstić information content (AvgIpc) is 2.52. The van der Waals surface area contributed by atoms with Crippen LogP contribution in [0.5, 0.6) is 0 Å². The average molecular weight is 324 g/mol. The monoisotopic (exact) mass is 324 g/mol. The summed E-state index contributed by atoms with van der Waals surface area (Å²) in [7, 11) is 0. The molecule has 0 amide bonds. The van der Waals surface area contributed by atoms with Crippen LogP contribution < -0.4 is 0 Å². The molecule has 0 bridgehead atoms. The number of carbonyl (C=O) groups is 2. The Balaban J connectivity index is 2.10. The van der Waals surface area contributed by atoms with E-state index in [1.807, 2.05) is 25.2 Å². The molecule has 0 spiro atoms. The lowest BCUT2D eigenvalue weighted by Gasteiger charge is -2.54. The number of esters is 2. The third-order valence-electron chi connectivity index (χ3n) is 4.91. The van der Waals surface area contributed by atoms with Crippen molar-refractivity contribution in [1.29, 1.82) is 0 Å². The van der Waals surface area contributed by atoms with Gasteiger partial charge in [-0.25, -0.2) is 0 Å². The summed E-state index contributed by atoms with van der Waals surface area (Å²) in [5.41, 5.74) is 1.70. The van der Waals surface area contributed by atoms with Gasteiger partial charge in [-0.1, -0.05) is 43.5 Å². The molecule has 24 heavy (non-hydrogen) atoms. The molecule has 3 aliphatic rings. The van der Waals surface area contributed by atoms with E-state index in [1.54, 1.807) is 19.1 Å². The minimum Gasteiger partial charge on any atom is -0.431 e. The number of rotatable bonds is 4. The molecule has 4 atom stereocenters. The second-order valence-electron chi connectivity index (χ2n) is 6.08. The van der Waals surface area contributed by atoms with Gasteiger partial charge in [0.25, 0.3) is 0 Å². The zero-order valence-corrected chi connectivity index (χ0v) is 13.8. The molecule has 2 aliphatic heterocycles. The van der Waals surface area contributed by atoms with Gasteiger partial charge < -0.3 is 9.47 Å². The van der Waals surface area contributed by atoms with Crippen LogP contribution in [0.1, 0.15) is 13.8 Å². The van der Waals surface area contributed by atoms with Gasteiger partial charge in [0.2, 0.25) is 0 Å². The van der Waals surface area contributed by atoms with Gasteiger partial charge in [-0.15, -0.1) is 0 Å². The molecule has 0 radical (unpaired) electrons. The van der Waals surface area contributed by atoms with E-state index in [0.29, 0.717) is 11.5 Å². The number of allylic oxidation sites excluding steroid dienone is 9. The molecule has 1 fully saturated rings. The van der Waals surface area contributed by atoms with Crippen molar-refractivity contribution in [3.05, 3.63) is 72.3 Å². The number of carbonyl (C=O) groups excluding carboxylic acids is 2. The van der Waals surface area contributed by atoms with Crippen LogP contribution in [0, 0.1) is 23.7 Å². The van der Waals surface area contributed by atoms with Crippen molar-refractivity contribution in [2.45, 2.75) is 13.8 Å². The summed E-state index contributed by atoms with van der Waals surface area (Å²) < 4.78 is 10.9. The first-order chi connectivity index (χ1) is 11.5. The fraction of sp³-hybridized carbons (Fsp3) is 0.300. The van der Waals surface area contributed by atoms with Crippen molar-refractivity contribution in [3.63, 3.8) is 0 Å². The molecular weight excluding hydrogens is 304 g/mol. The maximum atomic E-state index is 12.5. The van der Waals surface area contributed by atoms with Gasteiger partial charge in [0.15, 0.2) is 0 Å². The molecule has 4 heteroatoms. The number of hydrogen-bond acceptors (Lipinski definition) is 4. The Hall–Kier alpha value is -2.62. The van der Waals surface area contributed by atoms with Crippen molar-refractivity contribution >= 4 is 11.9 Å². The normalized spacial score (nSPS) is 32.2. The second kappa shape index (κ2) is 6.11. The summed E-state index contributed by atoms with van der Waals surface area (Å²) in [5.74, 6) is -0.822. The molecule has 0 aromatic heterocycles. The highest BCUT2D eigenvalue weighted by Crippen LogP contribution is 2.59. The number of hydrogen-bond donors (Lipinski definition) is 0. The van der Waals surface area contributed by atoms with E-state index in [2.05, 4.69) is 13.2 Å². The Bertz CT molecular complexity index is 742. The standard InChI is InChI=1S/C20H20O4/c1-5-8-10-12-11(4)23-19(21)17-15(12)18-16(17)13(9-6-2)14(7-3)24-20(18)22/h5-10,15-18H,1,3H2,2,4H3/b9-6-,10-8-. The second-order valence-corrected chi connectivity index (χ2v) is 6.08. The van der Waals surface area contributed by atoms with Crippen LogP contribution in [0.4, 0.5) is 0 Å². The third kappa shape index (κ3) is 2.21. The Morgan fingerprint density at radius 3 is 2.12 bits per heavy atom. The van der Waals surface area contributed by atoms with E-state index in [4.69, 9.17) is 9.47 Å². The molecule has 1 aliphatic carbocycles. The topological polar surface area (TPSA) is 52.6 Å². The zero-order valence-electron chi connectivity index (χ0n) is 13.8. The molecule has 4 unspecified atom stereocenters. The quantitative estimate of drug-likeness (QED) is 0.585. The highest BCUT2D eigenvalue weighted by atomic mass is 16.5. The summed E-state index contributed by atoms with van der Waals surface area (Å²) in [5, 5.41) is 0. The summed E-state index contributed by atoms with van der Waals surface area (Å²) in [6.07, 6.45) is 10.6. The Labute approximate surface area is 141 Å². The lowest BCUT2D eigenvalue weighted by Crippen LogP contribution is -2.59. The zero-order chi connectivity index (χ0) is 17.4. The van der Waals surface area contributed by atoms with Gasteiger partial charge in [-0.05, 0) is 31.1 Å². The molecule has 1 saturated carbocycles. The van der Waals surface area contributed by atoms with Crippen molar-refractivity contribution in [3.8, 4) is 0 Å². The molecule has 0 saturated heterocycles. The smallest absolute Gasteiger partial charge is 0.315 e. The predicted molar refractivity (Wildman–Crippen MR) is 90.2 cm³/mol. The van der Waals surface area contributed by atoms with Gasteiger partial charge >= 0.3 is 11.9 Å². The van der Waals surface area contributed by atoms with Crippen molar-refractivity contribution in [1.82, 2.24) is 0 Å². The molecule has 0 aromatic carbocycles. The maximum absolute atomic E-state index is 12.5. The van der Waals surface area contributed by atoms with Crippen LogP contribution in [-0.4, -0.2) is 11.9 Å². The van der Waals surface area contributed by atoms with Crippen molar-refractivity contribution in [2.24, 2.45) is 23.7 Å². The first-order valence-electron chi connectivity index (χ1n) is 7.97. The maximum Gasteiger partial charge on any atom is 0.315 e. The highest BCUT2D eigenvalue weighted by molar-refractivity contribution is 5.88. The van der Waals surface area contributed by atoms with Crippen molar-refractivity contribution in [2.75, 3.05) is 0 Å². The lowest BCUT2D eigenvalue weighted by molar-refractivity contribution is -0.175. The minimum absolute atomic E-state index is 0.216. The van der Waals surface area contributed by atoms with E-state index in [0.717, 1.165) is 11.1 Å². The lowest BCUT2D eigenvalue weighted by atomic mass is 9.50. The van der Waals surface area contributed by atoms with Crippen molar-refractivity contribution < 1.29 is 19.1 Å². The van der Waals surface area contributed by atoms with E-state index in [1.165, 1.54) is 6.08 Å². The van der Waals surface area contributed by atoms with Crippen LogP contribution in [-0.2, 0) is 19.1 Å². The van der Waals surface area contributed by atoms with Gasteiger partial charge in [0, 0.05) is 11.8 Å². The largest absolute Gasteiger partial charge is 0.431 e. The van der Waals surface area contributed by atoms with E-state index < -0.39 is 0 Å². The first kappa shape index (κ1) is 16.2. The summed E-state index contributed by atoms with van der Waals surface area (Å²) >= 11 is 0. The molecule has 0 aromatic rings. The van der Waals surface area contributed by atoms with Crippen LogP contribution in [0.15, 0.2) is 72.3 Å². The fourth-order valence-electron chi connectivity index (χ4n) is 3.95. The molecular formula is C20H20O4. The third-order valence-corrected chi connectivity index (χ3v) is 4.91. The van der Waals surface area contributed by atoms with E-state index in [-0.39, 0.29) is 35.6 Å². The van der Waals surface area contributed by atoms with Gasteiger partial charge in [-0.3, -0.25) is 9.59 Å². The summed E-state index contributed by atoms with van der Waals surface area (Å²) in [6, 6.07) is 0. The van der Waals surface area contributed by atoms with E-state index in [9.17, 15) is 9.59 Å². The van der Waals surface area contributed by atoms with Gasteiger partial charge in [0.1, 0.15) is 11.5 Å².